The lowest BCUT2D eigenvalue weighted by Crippen LogP contribution is -2.32. The number of aryl methyl sites for hydroxylation is 2. The highest BCUT2D eigenvalue weighted by molar-refractivity contribution is 5.98. The molecule has 218 valence electrons. The predicted molar refractivity (Wildman–Crippen MR) is 159 cm³/mol. The van der Waals surface area contributed by atoms with Crippen LogP contribution in [0, 0.1) is 12.8 Å². The Labute approximate surface area is 236 Å². The molecular formula is C33H50O6. The Morgan fingerprint density at radius 3 is 1.62 bits per heavy atom. The molecule has 2 aromatic carbocycles. The number of ether oxygens (including phenoxy) is 2. The highest BCUT2D eigenvalue weighted by Gasteiger charge is 2.38. The van der Waals surface area contributed by atoms with Crippen molar-refractivity contribution in [3.05, 3.63) is 70.8 Å². The van der Waals surface area contributed by atoms with E-state index in [1.165, 1.54) is 44.8 Å². The molecule has 6 nitrogen and oxygen atoms in total. The van der Waals surface area contributed by atoms with Gasteiger partial charge in [-0.05, 0) is 55.7 Å². The van der Waals surface area contributed by atoms with Gasteiger partial charge in [-0.2, -0.15) is 0 Å². The standard InChI is InChI=1S/C14H18O2.C12H14O2.C3H6O2.2C2H6/c1-3-10-4-6-11(7-5-10)12-8-9-13(12)14(15)16-2;1-9-3-5-11(6-4-9)8-12(14)7-10(2)13;1-3(4)5-2;2*1-2/h4-7,12-13H,3,8-9H2,1-2H3;3-6H,7-8H2,1-2H3;1-2H3;2*1-2H3. The van der Waals surface area contributed by atoms with Crippen molar-refractivity contribution in [3.63, 3.8) is 0 Å². The third-order valence-corrected chi connectivity index (χ3v) is 5.85. The van der Waals surface area contributed by atoms with Gasteiger partial charge in [-0.25, -0.2) is 0 Å². The normalized spacial score (nSPS) is 14.4. The van der Waals surface area contributed by atoms with E-state index in [-0.39, 0.29) is 35.8 Å². The average molecular weight is 543 g/mol. The summed E-state index contributed by atoms with van der Waals surface area (Å²) in [5.41, 5.74) is 4.77. The van der Waals surface area contributed by atoms with Crippen molar-refractivity contribution in [1.29, 1.82) is 0 Å². The molecule has 1 saturated carbocycles. The highest BCUT2D eigenvalue weighted by atomic mass is 16.5. The van der Waals surface area contributed by atoms with Crippen molar-refractivity contribution in [3.8, 4) is 0 Å². The summed E-state index contributed by atoms with van der Waals surface area (Å²) in [7, 11) is 2.82. The Hall–Kier alpha value is -3.28. The molecule has 1 aliphatic rings. The van der Waals surface area contributed by atoms with Crippen LogP contribution >= 0.6 is 0 Å². The first-order valence-corrected chi connectivity index (χ1v) is 13.9. The van der Waals surface area contributed by atoms with Crippen molar-refractivity contribution in [2.45, 2.75) is 93.4 Å². The molecular weight excluding hydrogens is 492 g/mol. The molecule has 0 radical (unpaired) electrons. The summed E-state index contributed by atoms with van der Waals surface area (Å²) in [6.07, 6.45) is 3.54. The Bertz CT molecular complexity index is 961. The van der Waals surface area contributed by atoms with Crippen molar-refractivity contribution >= 4 is 23.5 Å². The summed E-state index contributed by atoms with van der Waals surface area (Å²) < 4.78 is 8.92. The maximum absolute atomic E-state index is 11.5. The number of benzene rings is 2. The molecule has 1 fully saturated rings. The first kappa shape index (κ1) is 37.9. The lowest BCUT2D eigenvalue weighted by atomic mass is 9.70. The largest absolute Gasteiger partial charge is 0.469 e. The van der Waals surface area contributed by atoms with Crippen molar-refractivity contribution in [2.75, 3.05) is 14.2 Å². The number of methoxy groups -OCH3 is 2. The Kier molecular flexibility index (Phi) is 22.0. The van der Waals surface area contributed by atoms with E-state index in [0.29, 0.717) is 12.3 Å². The zero-order valence-corrected chi connectivity index (χ0v) is 25.8. The summed E-state index contributed by atoms with van der Waals surface area (Å²) >= 11 is 0. The van der Waals surface area contributed by atoms with Crippen LogP contribution in [-0.4, -0.2) is 37.7 Å². The molecule has 0 N–H and O–H groups in total. The molecule has 0 amide bonds. The number of hydrogen-bond acceptors (Lipinski definition) is 6. The van der Waals surface area contributed by atoms with Crippen molar-refractivity contribution in [1.82, 2.24) is 0 Å². The van der Waals surface area contributed by atoms with Gasteiger partial charge in [-0.1, -0.05) is 88.7 Å². The number of hydrogen-bond donors (Lipinski definition) is 0. The number of Topliss-reactive ketones (excluding diaryl/α,β-unsaturated/α-hetero) is 2. The minimum absolute atomic E-state index is 0.0126. The molecule has 0 aromatic heterocycles. The summed E-state index contributed by atoms with van der Waals surface area (Å²) in [6.45, 7) is 14.9. The molecule has 0 heterocycles. The van der Waals surface area contributed by atoms with Crippen LogP contribution in [0.3, 0.4) is 0 Å². The van der Waals surface area contributed by atoms with Crippen molar-refractivity contribution in [2.24, 2.45) is 5.92 Å². The maximum Gasteiger partial charge on any atom is 0.309 e. The molecule has 2 aromatic rings. The summed E-state index contributed by atoms with van der Waals surface area (Å²) in [5.74, 6) is 0.0696. The van der Waals surface area contributed by atoms with Gasteiger partial charge in [0.1, 0.15) is 11.6 Å². The van der Waals surface area contributed by atoms with Gasteiger partial charge in [-0.3, -0.25) is 19.2 Å². The van der Waals surface area contributed by atoms with Crippen LogP contribution in [0.5, 0.6) is 0 Å². The molecule has 0 spiro atoms. The van der Waals surface area contributed by atoms with E-state index in [1.54, 1.807) is 0 Å². The lowest BCUT2D eigenvalue weighted by Gasteiger charge is -2.34. The second-order valence-corrected chi connectivity index (χ2v) is 8.68. The SMILES string of the molecule is CC.CC.CC(=O)CC(=O)Cc1ccc(C)cc1.CCc1ccc(C2CCC2C(=O)OC)cc1.COC(C)=O. The lowest BCUT2D eigenvalue weighted by molar-refractivity contribution is -0.149. The van der Waals surface area contributed by atoms with E-state index < -0.39 is 0 Å². The second kappa shape index (κ2) is 22.7. The topological polar surface area (TPSA) is 86.7 Å². The van der Waals surface area contributed by atoms with Gasteiger partial charge < -0.3 is 9.47 Å². The number of carbonyl (C=O) groups excluding carboxylic acids is 4. The minimum atomic E-state index is -0.245. The maximum atomic E-state index is 11.5. The quantitative estimate of drug-likeness (QED) is 0.271. The number of carbonyl (C=O) groups is 4. The van der Waals surface area contributed by atoms with E-state index in [9.17, 15) is 19.2 Å². The van der Waals surface area contributed by atoms with E-state index in [1.807, 2.05) is 58.9 Å². The smallest absolute Gasteiger partial charge is 0.309 e. The Balaban J connectivity index is 0. The minimum Gasteiger partial charge on any atom is -0.469 e. The Morgan fingerprint density at radius 2 is 1.26 bits per heavy atom. The van der Waals surface area contributed by atoms with E-state index in [2.05, 4.69) is 35.9 Å². The zero-order valence-electron chi connectivity index (χ0n) is 25.8. The van der Waals surface area contributed by atoms with Gasteiger partial charge in [0.15, 0.2) is 0 Å². The fourth-order valence-electron chi connectivity index (χ4n) is 3.61. The molecule has 0 aliphatic heterocycles. The summed E-state index contributed by atoms with van der Waals surface area (Å²) in [6, 6.07) is 16.4. The fourth-order valence-corrected chi connectivity index (χ4v) is 3.61. The first-order valence-electron chi connectivity index (χ1n) is 13.9. The van der Waals surface area contributed by atoms with Crippen LogP contribution in [0.1, 0.15) is 95.9 Å². The van der Waals surface area contributed by atoms with Crippen LogP contribution in [0.2, 0.25) is 0 Å². The van der Waals surface area contributed by atoms with Gasteiger partial charge >= 0.3 is 11.9 Å². The van der Waals surface area contributed by atoms with Gasteiger partial charge in [0.25, 0.3) is 0 Å². The monoisotopic (exact) mass is 542 g/mol. The van der Waals surface area contributed by atoms with E-state index in [0.717, 1.165) is 24.8 Å². The number of esters is 2. The van der Waals surface area contributed by atoms with E-state index in [4.69, 9.17) is 4.74 Å². The molecule has 0 saturated heterocycles. The summed E-state index contributed by atoms with van der Waals surface area (Å²) in [4.78, 5) is 43.0. The number of ketones is 2. The highest BCUT2D eigenvalue weighted by Crippen LogP contribution is 2.43. The van der Waals surface area contributed by atoms with Crippen LogP contribution in [0.25, 0.3) is 0 Å². The van der Waals surface area contributed by atoms with E-state index >= 15 is 0 Å². The van der Waals surface area contributed by atoms with Crippen LogP contribution in [0.15, 0.2) is 48.5 Å². The van der Waals surface area contributed by atoms with Crippen LogP contribution < -0.4 is 0 Å². The van der Waals surface area contributed by atoms with Gasteiger partial charge in [0.2, 0.25) is 0 Å². The van der Waals surface area contributed by atoms with Gasteiger partial charge in [0, 0.05) is 13.3 Å². The fraction of sp³-hybridized carbons (Fsp3) is 0.515. The Morgan fingerprint density at radius 1 is 0.769 bits per heavy atom. The second-order valence-electron chi connectivity index (χ2n) is 8.68. The van der Waals surface area contributed by atoms with Crippen LogP contribution in [0.4, 0.5) is 0 Å². The van der Waals surface area contributed by atoms with Gasteiger partial charge in [0.05, 0.1) is 26.6 Å². The molecule has 39 heavy (non-hydrogen) atoms. The average Bonchev–Trinajstić information content (AvgIpc) is 2.92. The van der Waals surface area contributed by atoms with Crippen LogP contribution in [-0.2, 0) is 41.5 Å². The summed E-state index contributed by atoms with van der Waals surface area (Å²) in [5, 5.41) is 0. The van der Waals surface area contributed by atoms with Crippen molar-refractivity contribution < 1.29 is 28.7 Å². The molecule has 2 unspecified atom stereocenters. The number of rotatable bonds is 7. The predicted octanol–water partition coefficient (Wildman–Crippen LogP) is 7.23. The zero-order chi connectivity index (χ0) is 30.4. The molecule has 0 bridgehead atoms. The molecule has 3 rings (SSSR count). The molecule has 6 heteroatoms. The van der Waals surface area contributed by atoms with Gasteiger partial charge in [-0.15, -0.1) is 0 Å². The molecule has 2 atom stereocenters. The third kappa shape index (κ3) is 16.3. The first-order chi connectivity index (χ1) is 18.6. The molecule has 1 aliphatic carbocycles. The third-order valence-electron chi connectivity index (χ3n) is 5.85.